The lowest BCUT2D eigenvalue weighted by Gasteiger charge is -1.99. The second kappa shape index (κ2) is 26.2. The molecule has 5 aromatic carbocycles. The Hall–Kier alpha value is -13.9. The lowest BCUT2D eigenvalue weighted by molar-refractivity contribution is -0.440. The first kappa shape index (κ1) is 64.1. The number of nitro benzene ring substituents is 15. The number of hydrogen-bond acceptors (Lipinski definition) is 35. The maximum absolute atomic E-state index is 10.5. The number of rotatable bonds is 15. The molecule has 0 saturated carbocycles. The van der Waals surface area contributed by atoms with E-state index in [4.69, 9.17) is 28.7 Å². The molecule has 0 atom stereocenters. The van der Waals surface area contributed by atoms with Crippen LogP contribution in [0, 0.1) is 152 Å². The van der Waals surface area contributed by atoms with Crippen molar-refractivity contribution in [3.8, 4) is 0 Å². The molecule has 0 saturated heterocycles. The molecule has 0 aromatic heterocycles. The van der Waals surface area contributed by atoms with Gasteiger partial charge in [-0.3, -0.25) is 152 Å². The normalized spacial score (nSPS) is 9.75. The number of nitrogens with two attached hydrogens (primary N) is 5. The molecule has 10 N–H and O–H groups in total. The summed E-state index contributed by atoms with van der Waals surface area (Å²) >= 11 is 0. The lowest BCUT2D eigenvalue weighted by atomic mass is 10.2. The van der Waals surface area contributed by atoms with Crippen molar-refractivity contribution < 1.29 is 73.8 Å². The zero-order valence-electron chi connectivity index (χ0n) is 37.6. The fourth-order valence-electron chi connectivity index (χ4n) is 5.36. The van der Waals surface area contributed by atoms with E-state index in [1.54, 1.807) is 0 Å². The van der Waals surface area contributed by atoms with Gasteiger partial charge in [0.15, 0.2) is 11.4 Å². The van der Waals surface area contributed by atoms with E-state index in [1.165, 1.54) is 0 Å². The highest BCUT2D eigenvalue weighted by Crippen LogP contribution is 2.42. The number of nitro groups is 15. The third-order valence-corrected chi connectivity index (χ3v) is 8.56. The number of hydrogen-bond donors (Lipinski definition) is 5. The van der Waals surface area contributed by atoms with Gasteiger partial charge in [-0.25, -0.2) is 0 Å². The molecule has 0 aliphatic carbocycles. The number of nitrogens with zero attached hydrogens (tertiary/aromatic N) is 15. The van der Waals surface area contributed by atoms with E-state index in [2.05, 4.69) is 0 Å². The first-order chi connectivity index (χ1) is 36.7. The number of non-ortho nitro benzene ring substituents is 2. The van der Waals surface area contributed by atoms with Gasteiger partial charge in [0.25, 0.3) is 17.1 Å². The fourth-order valence-corrected chi connectivity index (χ4v) is 5.36. The first-order valence-electron chi connectivity index (χ1n) is 18.6. The van der Waals surface area contributed by atoms with Crippen LogP contribution in [0.1, 0.15) is 0 Å². The Balaban J connectivity index is 0.000000500. The van der Waals surface area contributed by atoms with Gasteiger partial charge in [-0.2, -0.15) is 0 Å². The molecule has 50 nitrogen and oxygen atoms in total. The molecule has 0 aliphatic heterocycles. The first-order valence-corrected chi connectivity index (χ1v) is 18.6. The minimum Gasteiger partial charge on any atom is -0.398 e. The Bertz CT molecular complexity index is 3450. The molecule has 0 unspecified atom stereocenters. The van der Waals surface area contributed by atoms with Crippen LogP contribution in [0.3, 0.4) is 0 Å². The Morgan fingerprint density at radius 1 is 0.225 bits per heavy atom. The van der Waals surface area contributed by atoms with Crippen LogP contribution >= 0.6 is 0 Å². The summed E-state index contributed by atoms with van der Waals surface area (Å²) in [6.45, 7) is 0. The van der Waals surface area contributed by atoms with E-state index in [-0.39, 0.29) is 5.69 Å². The largest absolute Gasteiger partial charge is 0.424 e. The Kier molecular flexibility index (Phi) is 21.0. The maximum atomic E-state index is 10.5. The van der Waals surface area contributed by atoms with Crippen molar-refractivity contribution >= 4 is 114 Å². The Labute approximate surface area is 428 Å². The molecule has 0 radical (unpaired) electrons. The van der Waals surface area contributed by atoms with Crippen molar-refractivity contribution in [3.63, 3.8) is 0 Å². The molecule has 80 heavy (non-hydrogen) atoms. The van der Waals surface area contributed by atoms with Crippen LogP contribution in [0.4, 0.5) is 114 Å². The van der Waals surface area contributed by atoms with Crippen molar-refractivity contribution in [3.05, 3.63) is 212 Å². The summed E-state index contributed by atoms with van der Waals surface area (Å²) in [5, 5.41) is 157. The van der Waals surface area contributed by atoms with Gasteiger partial charge in [0.1, 0.15) is 17.4 Å². The number of anilines is 5. The van der Waals surface area contributed by atoms with Gasteiger partial charge in [0.05, 0.1) is 86.0 Å². The highest BCUT2D eigenvalue weighted by molar-refractivity contribution is 5.79. The van der Waals surface area contributed by atoms with Gasteiger partial charge in [-0.15, -0.1) is 0 Å². The average Bonchev–Trinajstić information content (AvgIpc) is 3.32. The lowest BCUT2D eigenvalue weighted by Crippen LogP contribution is -2.04. The second-order valence-electron chi connectivity index (χ2n) is 13.3. The molecule has 0 spiro atoms. The summed E-state index contributed by atoms with van der Waals surface area (Å²) in [6.07, 6.45) is 0. The molecule has 0 aliphatic rings. The van der Waals surface area contributed by atoms with E-state index in [0.29, 0.717) is 42.5 Å². The van der Waals surface area contributed by atoms with Crippen LogP contribution in [0.15, 0.2) is 60.7 Å². The van der Waals surface area contributed by atoms with Crippen molar-refractivity contribution in [1.29, 1.82) is 0 Å². The SMILES string of the molecule is Nc1c([N+](=O)[O-])cc([N+](=O)[O-])cc1[N+](=O)[O-].Nc1c([N+](=O)[O-])ccc([N+](=O)[O-])c1[N+](=O)[O-].Nc1cc([N+](=O)[O-])c([N+](=O)[O-])c([N+](=O)[O-])c1.Nc1cc([N+](=O)[O-])cc([N+](=O)[O-])c1[N+](=O)[O-].Nc1ccc([N+](=O)[O-])c([N+](=O)[O-])c1[N+](=O)[O-]. The van der Waals surface area contributed by atoms with Crippen molar-refractivity contribution in [2.24, 2.45) is 0 Å². The molecule has 0 bridgehead atoms. The topological polar surface area (TPSA) is 777 Å². The monoisotopic (exact) mass is 1140 g/mol. The van der Waals surface area contributed by atoms with Gasteiger partial charge in [0.2, 0.25) is 0 Å². The van der Waals surface area contributed by atoms with Crippen LogP contribution in [0.5, 0.6) is 0 Å². The molecule has 0 amide bonds. The van der Waals surface area contributed by atoms with E-state index < -0.39 is 182 Å². The predicted octanol–water partition coefficient (Wildman–Crippen LogP) is 4.97. The number of benzene rings is 5. The minimum absolute atomic E-state index is 0.288. The third-order valence-electron chi connectivity index (χ3n) is 8.56. The Morgan fingerprint density at radius 2 is 0.512 bits per heavy atom. The van der Waals surface area contributed by atoms with Gasteiger partial charge in [0, 0.05) is 42.1 Å². The summed E-state index contributed by atoms with van der Waals surface area (Å²) < 4.78 is 0. The molecule has 5 rings (SSSR count). The molecule has 420 valence electrons. The third kappa shape index (κ3) is 15.6. The van der Waals surface area contributed by atoms with Crippen LogP contribution in [0.2, 0.25) is 0 Å². The van der Waals surface area contributed by atoms with E-state index >= 15 is 0 Å². The van der Waals surface area contributed by atoms with E-state index in [1.807, 2.05) is 0 Å². The maximum Gasteiger partial charge on any atom is 0.424 e. The highest BCUT2D eigenvalue weighted by Gasteiger charge is 2.39. The molecule has 5 aromatic rings. The molecule has 50 heteroatoms. The molecule has 0 fully saturated rings. The minimum atomic E-state index is -1.21. The smallest absolute Gasteiger partial charge is 0.398 e. The molecular weight excluding hydrogens is 1120 g/mol. The van der Waals surface area contributed by atoms with Gasteiger partial charge in [-0.1, -0.05) is 0 Å². The average molecular weight is 1140 g/mol. The van der Waals surface area contributed by atoms with Crippen LogP contribution in [-0.4, -0.2) is 73.8 Å². The Morgan fingerprint density at radius 3 is 0.838 bits per heavy atom. The zero-order valence-corrected chi connectivity index (χ0v) is 37.6. The standard InChI is InChI=1S/5C6H4N4O6/c7-6-4(9(13)14)1-3(8(11)12)2-5(6)10(15)16;7-4-1-3(8(11)12)2-5(9(13)14)6(4)10(15)16;7-3-1-4(8(11)12)6(10(15)16)5(2-3)9(13)14;7-5-3(8(11)12)1-2-4(9(13)14)6(5)10(15)16;7-3-1-2-4(8(11)12)6(10(15)16)5(3)9(13)14/h5*1-2H,7H2. The molecular formula is C30H20N20O30. The summed E-state index contributed by atoms with van der Waals surface area (Å²) in [6, 6.07) is 6.79. The summed E-state index contributed by atoms with van der Waals surface area (Å²) in [5.74, 6) is 0. The quantitative estimate of drug-likeness (QED) is 0.0525. The van der Waals surface area contributed by atoms with E-state index in [0.717, 1.165) is 18.2 Å². The summed E-state index contributed by atoms with van der Waals surface area (Å²) in [7, 11) is 0. The van der Waals surface area contributed by atoms with Crippen LogP contribution in [-0.2, 0) is 0 Å². The fraction of sp³-hybridized carbons (Fsp3) is 0. The number of nitrogen functional groups attached to an aromatic ring is 5. The van der Waals surface area contributed by atoms with Gasteiger partial charge >= 0.3 is 68.2 Å². The van der Waals surface area contributed by atoms with Crippen LogP contribution in [0.25, 0.3) is 0 Å². The predicted molar refractivity (Wildman–Crippen MR) is 254 cm³/mol. The second-order valence-corrected chi connectivity index (χ2v) is 13.3. The van der Waals surface area contributed by atoms with Crippen LogP contribution < -0.4 is 28.7 Å². The highest BCUT2D eigenvalue weighted by atomic mass is 16.7. The zero-order chi connectivity index (χ0) is 62.3. The van der Waals surface area contributed by atoms with Crippen molar-refractivity contribution in [2.75, 3.05) is 28.7 Å². The van der Waals surface area contributed by atoms with Gasteiger partial charge < -0.3 is 28.7 Å². The summed E-state index contributed by atoms with van der Waals surface area (Å²) in [4.78, 5) is 141. The molecule has 0 heterocycles. The van der Waals surface area contributed by atoms with Gasteiger partial charge in [-0.05, 0) is 6.07 Å². The van der Waals surface area contributed by atoms with E-state index in [9.17, 15) is 152 Å². The van der Waals surface area contributed by atoms with Crippen molar-refractivity contribution in [1.82, 2.24) is 0 Å². The summed E-state index contributed by atoms with van der Waals surface area (Å²) in [5.41, 5.74) is 8.60. The van der Waals surface area contributed by atoms with Crippen molar-refractivity contribution in [2.45, 2.75) is 0 Å².